The normalized spacial score (nSPS) is 15.2. The second-order valence-electron chi connectivity index (χ2n) is 8.37. The minimum Gasteiger partial charge on any atom is -0.496 e. The molecule has 1 aliphatic heterocycles. The molecule has 0 saturated carbocycles. The molecule has 2 aromatic carbocycles. The summed E-state index contributed by atoms with van der Waals surface area (Å²) in [4.78, 5) is 32.1. The lowest BCUT2D eigenvalue weighted by molar-refractivity contribution is -0.139. The van der Waals surface area contributed by atoms with E-state index >= 15 is 0 Å². The lowest BCUT2D eigenvalue weighted by Gasteiger charge is -2.25. The van der Waals surface area contributed by atoms with E-state index in [9.17, 15) is 9.59 Å². The van der Waals surface area contributed by atoms with Crippen LogP contribution in [0.25, 0.3) is 6.08 Å². The number of carbonyl (C=O) groups excluding carboxylic acids is 1. The third kappa shape index (κ3) is 5.04. The predicted octanol–water partition coefficient (Wildman–Crippen LogP) is 3.52. The van der Waals surface area contributed by atoms with E-state index in [4.69, 9.17) is 18.9 Å². The number of allylic oxidation sites excluding steroid dienone is 1. The molecule has 1 aromatic heterocycles. The molecule has 1 unspecified atom stereocenters. The van der Waals surface area contributed by atoms with Crippen molar-refractivity contribution in [2.75, 3.05) is 27.4 Å². The molecule has 4 rings (SSSR count). The van der Waals surface area contributed by atoms with E-state index < -0.39 is 12.0 Å². The maximum absolute atomic E-state index is 13.8. The Kier molecular flexibility index (Phi) is 7.83. The number of rotatable bonds is 8. The third-order valence-corrected chi connectivity index (χ3v) is 7.03. The number of hydrogen-bond acceptors (Lipinski definition) is 8. The summed E-state index contributed by atoms with van der Waals surface area (Å²) in [5.74, 6) is 1.31. The highest BCUT2D eigenvalue weighted by Crippen LogP contribution is 2.36. The van der Waals surface area contributed by atoms with Gasteiger partial charge in [-0.2, -0.15) is 0 Å². The smallest absolute Gasteiger partial charge is 0.338 e. The van der Waals surface area contributed by atoms with Crippen LogP contribution in [-0.4, -0.2) is 38.0 Å². The SMILES string of the molecule is CCOC(=O)C1=C(C)N=c2s/c(=C\c3ccc(C)c(OC)c3)c(=O)n2C1c1ccc(OC)c(OCC)c1. The number of hydrogen-bond donors (Lipinski definition) is 0. The summed E-state index contributed by atoms with van der Waals surface area (Å²) in [5, 5.41) is 0. The molecule has 0 saturated heterocycles. The zero-order valence-corrected chi connectivity index (χ0v) is 22.6. The fourth-order valence-electron chi connectivity index (χ4n) is 4.32. The van der Waals surface area contributed by atoms with Crippen molar-refractivity contribution in [1.29, 1.82) is 0 Å². The van der Waals surface area contributed by atoms with Gasteiger partial charge >= 0.3 is 5.97 Å². The molecular formula is C28H30N2O6S. The number of nitrogens with zero attached hydrogens (tertiary/aromatic N) is 2. The Morgan fingerprint density at radius 3 is 2.46 bits per heavy atom. The number of benzene rings is 2. The Morgan fingerprint density at radius 2 is 1.78 bits per heavy atom. The molecule has 0 N–H and O–H groups in total. The minimum atomic E-state index is -0.741. The van der Waals surface area contributed by atoms with Gasteiger partial charge in [0, 0.05) is 0 Å². The van der Waals surface area contributed by atoms with E-state index in [2.05, 4.69) is 4.99 Å². The van der Waals surface area contributed by atoms with Crippen molar-refractivity contribution in [3.05, 3.63) is 84.0 Å². The van der Waals surface area contributed by atoms with Gasteiger partial charge in [-0.25, -0.2) is 9.79 Å². The van der Waals surface area contributed by atoms with Crippen LogP contribution >= 0.6 is 11.3 Å². The van der Waals surface area contributed by atoms with E-state index in [0.717, 1.165) is 16.9 Å². The van der Waals surface area contributed by atoms with Gasteiger partial charge in [-0.15, -0.1) is 0 Å². The van der Waals surface area contributed by atoms with Crippen molar-refractivity contribution in [1.82, 2.24) is 4.57 Å². The van der Waals surface area contributed by atoms with Crippen molar-refractivity contribution in [3.8, 4) is 17.2 Å². The number of ether oxygens (including phenoxy) is 4. The zero-order chi connectivity index (χ0) is 26.7. The summed E-state index contributed by atoms with van der Waals surface area (Å²) in [7, 11) is 3.18. The quantitative estimate of drug-likeness (QED) is 0.421. The fraction of sp³-hybridized carbons (Fsp3) is 0.321. The van der Waals surface area contributed by atoms with Gasteiger partial charge in [-0.3, -0.25) is 9.36 Å². The first-order chi connectivity index (χ1) is 17.8. The molecule has 1 aliphatic rings. The van der Waals surface area contributed by atoms with Crippen LogP contribution in [0.5, 0.6) is 17.2 Å². The molecule has 37 heavy (non-hydrogen) atoms. The standard InChI is InChI=1S/C28H30N2O6S/c1-7-35-22-15-19(11-12-20(22)33-5)25-24(27(32)36-8-2)17(4)29-28-30(25)26(31)23(37-28)14-18-10-9-16(3)21(13-18)34-6/h9-15,25H,7-8H2,1-6H3/b23-14-. The maximum atomic E-state index is 13.8. The number of thiazole rings is 1. The van der Waals surface area contributed by atoms with Crippen molar-refractivity contribution in [3.63, 3.8) is 0 Å². The van der Waals surface area contributed by atoms with E-state index in [0.29, 0.717) is 44.3 Å². The van der Waals surface area contributed by atoms with Crippen LogP contribution in [0.15, 0.2) is 57.5 Å². The monoisotopic (exact) mass is 522 g/mol. The van der Waals surface area contributed by atoms with Crippen LogP contribution in [0, 0.1) is 6.92 Å². The van der Waals surface area contributed by atoms with Gasteiger partial charge in [0.2, 0.25) is 0 Å². The number of aryl methyl sites for hydroxylation is 1. The summed E-state index contributed by atoms with van der Waals surface area (Å²) in [6, 6.07) is 10.4. The van der Waals surface area contributed by atoms with Crippen LogP contribution in [-0.2, 0) is 9.53 Å². The molecule has 0 aliphatic carbocycles. The molecule has 2 heterocycles. The predicted molar refractivity (Wildman–Crippen MR) is 142 cm³/mol. The molecule has 0 bridgehead atoms. The Labute approximate surface area is 219 Å². The second kappa shape index (κ2) is 11.0. The van der Waals surface area contributed by atoms with E-state index in [1.54, 1.807) is 44.8 Å². The summed E-state index contributed by atoms with van der Waals surface area (Å²) in [6.45, 7) is 7.98. The lowest BCUT2D eigenvalue weighted by atomic mass is 9.95. The molecule has 9 heteroatoms. The van der Waals surface area contributed by atoms with Crippen LogP contribution in [0.4, 0.5) is 0 Å². The highest BCUT2D eigenvalue weighted by atomic mass is 32.1. The molecule has 1 atom stereocenters. The minimum absolute atomic E-state index is 0.203. The van der Waals surface area contributed by atoms with Crippen LogP contribution in [0.1, 0.15) is 43.5 Å². The molecular weight excluding hydrogens is 492 g/mol. The summed E-state index contributed by atoms with van der Waals surface area (Å²) in [5.41, 5.74) is 3.07. The van der Waals surface area contributed by atoms with Crippen LogP contribution in [0.3, 0.4) is 0 Å². The van der Waals surface area contributed by atoms with Crippen LogP contribution in [0.2, 0.25) is 0 Å². The van der Waals surface area contributed by atoms with Crippen molar-refractivity contribution >= 4 is 23.4 Å². The van der Waals surface area contributed by atoms with E-state index in [1.807, 2.05) is 44.2 Å². The molecule has 3 aromatic rings. The van der Waals surface area contributed by atoms with E-state index in [-0.39, 0.29) is 12.2 Å². The first-order valence-corrected chi connectivity index (χ1v) is 12.8. The van der Waals surface area contributed by atoms with Gasteiger partial charge in [0.15, 0.2) is 16.3 Å². The van der Waals surface area contributed by atoms with Crippen molar-refractivity contribution in [2.45, 2.75) is 33.7 Å². The Bertz CT molecular complexity index is 1550. The third-order valence-electron chi connectivity index (χ3n) is 6.05. The maximum Gasteiger partial charge on any atom is 0.338 e. The lowest BCUT2D eigenvalue weighted by Crippen LogP contribution is -2.40. The molecule has 0 fully saturated rings. The Balaban J connectivity index is 1.95. The van der Waals surface area contributed by atoms with Gasteiger partial charge in [0.05, 0.1) is 49.3 Å². The van der Waals surface area contributed by atoms with Crippen molar-refractivity contribution < 1.29 is 23.7 Å². The largest absolute Gasteiger partial charge is 0.496 e. The van der Waals surface area contributed by atoms with Crippen molar-refractivity contribution in [2.24, 2.45) is 4.99 Å². The van der Waals surface area contributed by atoms with Gasteiger partial charge < -0.3 is 18.9 Å². The van der Waals surface area contributed by atoms with Gasteiger partial charge in [0.1, 0.15) is 5.75 Å². The Hall–Kier alpha value is -3.85. The first kappa shape index (κ1) is 26.2. The molecule has 0 amide bonds. The van der Waals surface area contributed by atoms with Gasteiger partial charge in [0.25, 0.3) is 5.56 Å². The average molecular weight is 523 g/mol. The number of methoxy groups -OCH3 is 2. The highest BCUT2D eigenvalue weighted by molar-refractivity contribution is 7.07. The number of aromatic nitrogens is 1. The second-order valence-corrected chi connectivity index (χ2v) is 9.38. The number of esters is 1. The zero-order valence-electron chi connectivity index (χ0n) is 21.8. The Morgan fingerprint density at radius 1 is 1.03 bits per heavy atom. The number of fused-ring (bicyclic) bond motifs is 1. The summed E-state index contributed by atoms with van der Waals surface area (Å²) >= 11 is 1.27. The van der Waals surface area contributed by atoms with E-state index in [1.165, 1.54) is 11.3 Å². The molecule has 0 spiro atoms. The number of carbonyl (C=O) groups is 1. The molecule has 8 nitrogen and oxygen atoms in total. The fourth-order valence-corrected chi connectivity index (χ4v) is 5.36. The highest BCUT2D eigenvalue weighted by Gasteiger charge is 2.34. The average Bonchev–Trinajstić information content (AvgIpc) is 3.18. The first-order valence-electron chi connectivity index (χ1n) is 12.0. The summed E-state index contributed by atoms with van der Waals surface area (Å²) < 4.78 is 24.1. The van der Waals surface area contributed by atoms with Gasteiger partial charge in [-0.1, -0.05) is 29.5 Å². The topological polar surface area (TPSA) is 88.4 Å². The van der Waals surface area contributed by atoms with Crippen LogP contribution < -0.4 is 29.1 Å². The molecule has 194 valence electrons. The molecule has 0 radical (unpaired) electrons. The summed E-state index contributed by atoms with van der Waals surface area (Å²) in [6.07, 6.45) is 1.81. The van der Waals surface area contributed by atoms with Gasteiger partial charge in [-0.05, 0) is 68.7 Å².